The molecule has 0 radical (unpaired) electrons. The molecule has 0 bridgehead atoms. The zero-order valence-electron chi connectivity index (χ0n) is 16.9. The summed E-state index contributed by atoms with van der Waals surface area (Å²) < 4.78 is 35.1. The number of carbonyl (C=O) groups is 1. The van der Waals surface area contributed by atoms with E-state index in [4.69, 9.17) is 21.1 Å². The molecule has 10 heteroatoms. The van der Waals surface area contributed by atoms with Gasteiger partial charge < -0.3 is 14.4 Å². The van der Waals surface area contributed by atoms with Crippen LogP contribution < -0.4 is 14.4 Å². The van der Waals surface area contributed by atoms with Gasteiger partial charge in [-0.15, -0.1) is 0 Å². The Morgan fingerprint density at radius 3 is 2.58 bits per heavy atom. The van der Waals surface area contributed by atoms with Crippen LogP contribution in [0.25, 0.3) is 0 Å². The van der Waals surface area contributed by atoms with Crippen molar-refractivity contribution in [1.29, 1.82) is 0 Å². The lowest BCUT2D eigenvalue weighted by Crippen LogP contribution is -2.38. The van der Waals surface area contributed by atoms with Crippen LogP contribution in [-0.2, 0) is 21.1 Å². The molecule has 0 saturated carbocycles. The molecule has 1 amide bonds. The molecule has 2 aromatic carbocycles. The summed E-state index contributed by atoms with van der Waals surface area (Å²) >= 11 is 7.53. The van der Waals surface area contributed by atoms with Gasteiger partial charge in [-0.25, -0.2) is 8.42 Å². The number of amidine groups is 1. The minimum absolute atomic E-state index is 0.00791. The van der Waals surface area contributed by atoms with Crippen LogP contribution in [0.1, 0.15) is 5.56 Å². The van der Waals surface area contributed by atoms with Crippen molar-refractivity contribution >= 4 is 50.0 Å². The van der Waals surface area contributed by atoms with Crippen LogP contribution in [0, 0.1) is 0 Å². The van der Waals surface area contributed by atoms with E-state index < -0.39 is 9.84 Å². The van der Waals surface area contributed by atoms with Crippen molar-refractivity contribution in [3.8, 4) is 11.5 Å². The fourth-order valence-corrected chi connectivity index (χ4v) is 7.85. The third-order valence-electron chi connectivity index (χ3n) is 5.20. The molecule has 31 heavy (non-hydrogen) atoms. The average Bonchev–Trinajstić information content (AvgIpc) is 3.19. The van der Waals surface area contributed by atoms with Gasteiger partial charge in [0.05, 0.1) is 43.9 Å². The number of sulfone groups is 1. The predicted molar refractivity (Wildman–Crippen MR) is 123 cm³/mol. The van der Waals surface area contributed by atoms with Crippen LogP contribution in [-0.4, -0.2) is 56.5 Å². The summed E-state index contributed by atoms with van der Waals surface area (Å²) in [6.45, 7) is 0. The van der Waals surface area contributed by atoms with Crippen molar-refractivity contribution < 1.29 is 22.7 Å². The molecule has 2 aliphatic heterocycles. The number of fused-ring (bicyclic) bond motifs is 1. The summed E-state index contributed by atoms with van der Waals surface area (Å²) in [5.41, 5.74) is 1.41. The number of amides is 1. The topological polar surface area (TPSA) is 85.3 Å². The number of methoxy groups -OCH3 is 2. The lowest BCUT2D eigenvalue weighted by molar-refractivity contribution is -0.117. The molecule has 0 N–H and O–H groups in total. The maximum absolute atomic E-state index is 12.7. The van der Waals surface area contributed by atoms with Crippen LogP contribution in [0.5, 0.6) is 11.5 Å². The molecule has 4 rings (SSSR count). The monoisotopic (exact) mass is 480 g/mol. The quantitative estimate of drug-likeness (QED) is 0.649. The van der Waals surface area contributed by atoms with Gasteiger partial charge in [-0.05, 0) is 35.9 Å². The molecular weight excluding hydrogens is 460 g/mol. The number of ether oxygens (including phenoxy) is 2. The van der Waals surface area contributed by atoms with Crippen molar-refractivity contribution in [2.75, 3.05) is 30.6 Å². The van der Waals surface area contributed by atoms with Crippen molar-refractivity contribution in [2.24, 2.45) is 4.99 Å². The molecule has 0 aliphatic carbocycles. The molecule has 2 heterocycles. The Hall–Kier alpha value is -2.23. The maximum atomic E-state index is 12.7. The number of anilines is 1. The standard InChI is InChI=1S/C21H21ClN2O5S2/c1-28-15-6-3-13(4-7-15)9-20(25)23-21-24(16-10-14(22)5-8-18(16)29-2)17-11-31(26,27)12-19(17)30-21/h3-8,10,17,19H,9,11-12H2,1-2H3/t17-,19-/m1/s1. The lowest BCUT2D eigenvalue weighted by Gasteiger charge is -2.26. The fraction of sp³-hybridized carbons (Fsp3) is 0.333. The lowest BCUT2D eigenvalue weighted by atomic mass is 10.1. The SMILES string of the molecule is COc1ccc(CC(=O)N=C2S[C@@H]3CS(=O)(=O)C[C@H]3N2c2cc(Cl)ccc2OC)cc1. The number of rotatable bonds is 5. The van der Waals surface area contributed by atoms with Crippen LogP contribution in [0.3, 0.4) is 0 Å². The number of aliphatic imine (C=N–C) groups is 1. The van der Waals surface area contributed by atoms with Crippen LogP contribution in [0.15, 0.2) is 47.5 Å². The number of thioether (sulfide) groups is 1. The molecular formula is C21H21ClN2O5S2. The van der Waals surface area contributed by atoms with Gasteiger partial charge in [-0.1, -0.05) is 35.5 Å². The van der Waals surface area contributed by atoms with Crippen molar-refractivity contribution in [3.63, 3.8) is 0 Å². The second-order valence-corrected chi connectivity index (χ2v) is 11.1. The van der Waals surface area contributed by atoms with Crippen molar-refractivity contribution in [2.45, 2.75) is 17.7 Å². The average molecular weight is 481 g/mol. The first kappa shape index (κ1) is 22.0. The molecule has 7 nitrogen and oxygen atoms in total. The van der Waals surface area contributed by atoms with Crippen molar-refractivity contribution in [3.05, 3.63) is 53.1 Å². The van der Waals surface area contributed by atoms with E-state index in [1.54, 1.807) is 42.3 Å². The molecule has 0 aromatic heterocycles. The first-order chi connectivity index (χ1) is 14.8. The molecule has 2 aromatic rings. The highest BCUT2D eigenvalue weighted by atomic mass is 35.5. The number of carbonyl (C=O) groups excluding carboxylic acids is 1. The highest BCUT2D eigenvalue weighted by molar-refractivity contribution is 8.16. The number of nitrogens with zero attached hydrogens (tertiary/aromatic N) is 2. The van der Waals surface area contributed by atoms with E-state index in [0.29, 0.717) is 27.4 Å². The zero-order valence-corrected chi connectivity index (χ0v) is 19.3. The Morgan fingerprint density at radius 2 is 1.90 bits per heavy atom. The Bertz CT molecular complexity index is 1130. The minimum Gasteiger partial charge on any atom is -0.497 e. The number of hydrogen-bond acceptors (Lipinski definition) is 6. The number of benzene rings is 2. The molecule has 2 atom stereocenters. The zero-order chi connectivity index (χ0) is 22.2. The number of halogens is 1. The largest absolute Gasteiger partial charge is 0.497 e. The van der Waals surface area contributed by atoms with E-state index in [9.17, 15) is 13.2 Å². The first-order valence-electron chi connectivity index (χ1n) is 9.54. The van der Waals surface area contributed by atoms with E-state index in [0.717, 1.165) is 5.56 Å². The van der Waals surface area contributed by atoms with E-state index >= 15 is 0 Å². The Labute approximate surface area is 190 Å². The predicted octanol–water partition coefficient (Wildman–Crippen LogP) is 3.20. The van der Waals surface area contributed by atoms with Gasteiger partial charge in [0.2, 0.25) is 0 Å². The second-order valence-electron chi connectivity index (χ2n) is 7.30. The third-order valence-corrected chi connectivity index (χ3v) is 8.65. The molecule has 2 aliphatic rings. The summed E-state index contributed by atoms with van der Waals surface area (Å²) in [4.78, 5) is 18.9. The summed E-state index contributed by atoms with van der Waals surface area (Å²) in [5, 5.41) is 0.735. The fourth-order valence-electron chi connectivity index (χ4n) is 3.76. The van der Waals surface area contributed by atoms with Crippen LogP contribution >= 0.6 is 23.4 Å². The van der Waals surface area contributed by atoms with E-state index in [1.807, 2.05) is 12.1 Å². The highest BCUT2D eigenvalue weighted by Gasteiger charge is 2.50. The highest BCUT2D eigenvalue weighted by Crippen LogP contribution is 2.44. The Kier molecular flexibility index (Phi) is 6.18. The van der Waals surface area contributed by atoms with Gasteiger partial charge >= 0.3 is 0 Å². The van der Waals surface area contributed by atoms with Gasteiger partial charge in [-0.3, -0.25) is 4.79 Å². The molecule has 0 spiro atoms. The van der Waals surface area contributed by atoms with Gasteiger partial charge in [0, 0.05) is 10.3 Å². The second kappa shape index (κ2) is 8.72. The van der Waals surface area contributed by atoms with E-state index in [2.05, 4.69) is 4.99 Å². The molecule has 0 unspecified atom stereocenters. The Morgan fingerprint density at radius 1 is 1.16 bits per heavy atom. The molecule has 2 fully saturated rings. The summed E-state index contributed by atoms with van der Waals surface area (Å²) in [6, 6.07) is 12.0. The third kappa shape index (κ3) is 4.68. The smallest absolute Gasteiger partial charge is 0.252 e. The van der Waals surface area contributed by atoms with Crippen LogP contribution in [0.4, 0.5) is 5.69 Å². The minimum atomic E-state index is -3.17. The van der Waals surface area contributed by atoms with E-state index in [1.165, 1.54) is 18.9 Å². The summed E-state index contributed by atoms with van der Waals surface area (Å²) in [7, 11) is -0.0565. The van der Waals surface area contributed by atoms with Gasteiger partial charge in [0.1, 0.15) is 11.5 Å². The number of hydrogen-bond donors (Lipinski definition) is 0. The maximum Gasteiger partial charge on any atom is 0.252 e. The Balaban J connectivity index is 1.67. The van der Waals surface area contributed by atoms with Gasteiger partial charge in [0.15, 0.2) is 15.0 Å². The summed E-state index contributed by atoms with van der Waals surface area (Å²) in [6.07, 6.45) is 0.127. The first-order valence-corrected chi connectivity index (χ1v) is 12.6. The van der Waals surface area contributed by atoms with Crippen LogP contribution in [0.2, 0.25) is 5.02 Å². The summed E-state index contributed by atoms with van der Waals surface area (Å²) in [5.74, 6) is 0.966. The van der Waals surface area contributed by atoms with Crippen molar-refractivity contribution in [1.82, 2.24) is 0 Å². The normalized spacial score (nSPS) is 23.1. The van der Waals surface area contributed by atoms with Gasteiger partial charge in [0.25, 0.3) is 5.91 Å². The van der Waals surface area contributed by atoms with Gasteiger partial charge in [-0.2, -0.15) is 4.99 Å². The van der Waals surface area contributed by atoms with E-state index in [-0.39, 0.29) is 35.1 Å². The molecule has 2 saturated heterocycles. The molecule has 164 valence electrons.